The van der Waals surface area contributed by atoms with Crippen LogP contribution in [-0.2, 0) is 14.3 Å². The Balaban J connectivity index is 1.73. The summed E-state index contributed by atoms with van der Waals surface area (Å²) in [4.78, 5) is 34.9. The standard InChI is InChI=1S/C20H18N4O4/c1-2-28-19(26)18(25)22-20(27)21-15-9-5-3-7-13(15)11-12-17-14-8-4-6-10-16(14)23-24-17/h3-12H,2H2,1H3,(H,23,24)(H2,21,22,25,27). The van der Waals surface area contributed by atoms with Crippen molar-refractivity contribution in [2.75, 3.05) is 11.9 Å². The van der Waals surface area contributed by atoms with Gasteiger partial charge >= 0.3 is 17.9 Å². The molecule has 1 heterocycles. The first-order valence-electron chi connectivity index (χ1n) is 8.57. The maximum atomic E-state index is 12.0. The molecule has 0 radical (unpaired) electrons. The number of H-pyrrole nitrogens is 1. The molecule has 2 aromatic carbocycles. The average molecular weight is 378 g/mol. The number of fused-ring (bicyclic) bond motifs is 1. The van der Waals surface area contributed by atoms with E-state index in [1.165, 1.54) is 0 Å². The van der Waals surface area contributed by atoms with E-state index in [1.807, 2.05) is 41.7 Å². The lowest BCUT2D eigenvalue weighted by Gasteiger charge is -2.09. The minimum atomic E-state index is -1.13. The fourth-order valence-electron chi connectivity index (χ4n) is 2.54. The van der Waals surface area contributed by atoms with Gasteiger partial charge in [-0.1, -0.05) is 42.5 Å². The topological polar surface area (TPSA) is 113 Å². The summed E-state index contributed by atoms with van der Waals surface area (Å²) >= 11 is 0. The molecule has 0 aliphatic carbocycles. The van der Waals surface area contributed by atoms with E-state index < -0.39 is 17.9 Å². The van der Waals surface area contributed by atoms with Crippen LogP contribution in [-0.4, -0.2) is 34.7 Å². The van der Waals surface area contributed by atoms with E-state index in [9.17, 15) is 14.4 Å². The number of urea groups is 1. The molecule has 0 saturated heterocycles. The number of imide groups is 1. The molecule has 0 fully saturated rings. The number of nitrogens with zero attached hydrogens (tertiary/aromatic N) is 1. The second-order valence-electron chi connectivity index (χ2n) is 5.70. The molecule has 0 saturated carbocycles. The number of hydrogen-bond donors (Lipinski definition) is 3. The Morgan fingerprint density at radius 2 is 1.82 bits per heavy atom. The van der Waals surface area contributed by atoms with Crippen molar-refractivity contribution >= 4 is 46.6 Å². The fourth-order valence-corrected chi connectivity index (χ4v) is 2.54. The van der Waals surface area contributed by atoms with Gasteiger partial charge in [0.25, 0.3) is 0 Å². The molecule has 1 aromatic heterocycles. The van der Waals surface area contributed by atoms with Crippen LogP contribution in [0.4, 0.5) is 10.5 Å². The third-order valence-corrected chi connectivity index (χ3v) is 3.82. The lowest BCUT2D eigenvalue weighted by atomic mass is 10.1. The molecule has 3 N–H and O–H groups in total. The molecule has 0 unspecified atom stereocenters. The van der Waals surface area contributed by atoms with E-state index in [4.69, 9.17) is 0 Å². The van der Waals surface area contributed by atoms with Gasteiger partial charge in [-0.2, -0.15) is 5.10 Å². The zero-order chi connectivity index (χ0) is 19.9. The van der Waals surface area contributed by atoms with Gasteiger partial charge in [-0.05, 0) is 30.7 Å². The molecular formula is C20H18N4O4. The molecule has 28 heavy (non-hydrogen) atoms. The fraction of sp³-hybridized carbons (Fsp3) is 0.100. The Morgan fingerprint density at radius 1 is 1.07 bits per heavy atom. The van der Waals surface area contributed by atoms with Crippen molar-refractivity contribution in [2.24, 2.45) is 0 Å². The first-order valence-corrected chi connectivity index (χ1v) is 8.57. The molecular weight excluding hydrogens is 360 g/mol. The van der Waals surface area contributed by atoms with Crippen molar-refractivity contribution in [1.29, 1.82) is 0 Å². The number of anilines is 1. The third-order valence-electron chi connectivity index (χ3n) is 3.82. The van der Waals surface area contributed by atoms with Crippen LogP contribution in [0.5, 0.6) is 0 Å². The van der Waals surface area contributed by atoms with Crippen molar-refractivity contribution in [3.05, 3.63) is 59.8 Å². The van der Waals surface area contributed by atoms with Gasteiger partial charge in [-0.15, -0.1) is 0 Å². The van der Waals surface area contributed by atoms with E-state index in [1.54, 1.807) is 31.2 Å². The highest BCUT2D eigenvalue weighted by atomic mass is 16.5. The predicted octanol–water partition coefficient (Wildman–Crippen LogP) is 2.94. The highest BCUT2D eigenvalue weighted by Crippen LogP contribution is 2.21. The summed E-state index contributed by atoms with van der Waals surface area (Å²) in [6.45, 7) is 1.61. The summed E-state index contributed by atoms with van der Waals surface area (Å²) in [6.07, 6.45) is 3.62. The van der Waals surface area contributed by atoms with Crippen LogP contribution in [0.2, 0.25) is 0 Å². The number of benzene rings is 2. The van der Waals surface area contributed by atoms with Gasteiger partial charge in [0.2, 0.25) is 0 Å². The third kappa shape index (κ3) is 4.42. The van der Waals surface area contributed by atoms with E-state index in [0.717, 1.165) is 16.6 Å². The monoisotopic (exact) mass is 378 g/mol. The summed E-state index contributed by atoms with van der Waals surface area (Å²) in [6, 6.07) is 13.9. The molecule has 142 valence electrons. The SMILES string of the molecule is CCOC(=O)C(=O)NC(=O)Nc1ccccc1C=Cc1n[nH]c2ccccc12. The molecule has 3 amide bonds. The van der Waals surface area contributed by atoms with Gasteiger partial charge in [0.1, 0.15) is 0 Å². The Bertz CT molecular complexity index is 1060. The molecule has 0 aliphatic rings. The smallest absolute Gasteiger partial charge is 0.397 e. The molecule has 0 aliphatic heterocycles. The van der Waals surface area contributed by atoms with Gasteiger partial charge in [-0.3, -0.25) is 15.2 Å². The van der Waals surface area contributed by atoms with Crippen LogP contribution in [0.25, 0.3) is 23.1 Å². The maximum absolute atomic E-state index is 12.0. The Morgan fingerprint density at radius 3 is 2.64 bits per heavy atom. The van der Waals surface area contributed by atoms with Gasteiger partial charge in [-0.25, -0.2) is 9.59 Å². The molecule has 0 bridgehead atoms. The molecule has 3 rings (SSSR count). The number of nitrogens with one attached hydrogen (secondary N) is 3. The quantitative estimate of drug-likeness (QED) is 0.477. The van der Waals surface area contributed by atoms with Crippen molar-refractivity contribution in [2.45, 2.75) is 6.92 Å². The van der Waals surface area contributed by atoms with Crippen molar-refractivity contribution in [3.63, 3.8) is 0 Å². The van der Waals surface area contributed by atoms with Crippen LogP contribution >= 0.6 is 0 Å². The van der Waals surface area contributed by atoms with Crippen molar-refractivity contribution in [3.8, 4) is 0 Å². The van der Waals surface area contributed by atoms with Crippen LogP contribution in [0.1, 0.15) is 18.2 Å². The van der Waals surface area contributed by atoms with Crippen LogP contribution < -0.4 is 10.6 Å². The van der Waals surface area contributed by atoms with Gasteiger partial charge in [0, 0.05) is 11.1 Å². The van der Waals surface area contributed by atoms with Gasteiger partial charge in [0.15, 0.2) is 0 Å². The first-order chi connectivity index (χ1) is 13.6. The summed E-state index contributed by atoms with van der Waals surface area (Å²) in [7, 11) is 0. The highest BCUT2D eigenvalue weighted by Gasteiger charge is 2.18. The number of carbonyl (C=O) groups is 3. The normalized spacial score (nSPS) is 10.8. The average Bonchev–Trinajstić information content (AvgIpc) is 3.10. The summed E-state index contributed by atoms with van der Waals surface area (Å²) in [5.41, 5.74) is 2.85. The first kappa shape index (κ1) is 18.8. The molecule has 8 nitrogen and oxygen atoms in total. The van der Waals surface area contributed by atoms with Gasteiger partial charge < -0.3 is 10.1 Å². The molecule has 3 aromatic rings. The minimum Gasteiger partial charge on any atom is -0.459 e. The zero-order valence-electron chi connectivity index (χ0n) is 15.1. The Labute approximate surface area is 160 Å². The summed E-state index contributed by atoms with van der Waals surface area (Å²) < 4.78 is 4.54. The number of carbonyl (C=O) groups excluding carboxylic acids is 3. The van der Waals surface area contributed by atoms with Gasteiger partial charge in [0.05, 0.1) is 17.8 Å². The Kier molecular flexibility index (Phi) is 5.81. The number of para-hydroxylation sites is 2. The molecule has 0 atom stereocenters. The highest BCUT2D eigenvalue weighted by molar-refractivity contribution is 6.35. The predicted molar refractivity (Wildman–Crippen MR) is 105 cm³/mol. The number of aromatic nitrogens is 2. The Hall–Kier alpha value is -3.94. The second-order valence-corrected chi connectivity index (χ2v) is 5.70. The summed E-state index contributed by atoms with van der Waals surface area (Å²) in [5, 5.41) is 12.7. The zero-order valence-corrected chi connectivity index (χ0v) is 15.1. The lowest BCUT2D eigenvalue weighted by molar-refractivity contribution is -0.154. The number of hydrogen-bond acceptors (Lipinski definition) is 5. The van der Waals surface area contributed by atoms with E-state index in [2.05, 4.69) is 20.3 Å². The van der Waals surface area contributed by atoms with Crippen molar-refractivity contribution < 1.29 is 19.1 Å². The number of rotatable bonds is 4. The van der Waals surface area contributed by atoms with Crippen LogP contribution in [0.3, 0.4) is 0 Å². The number of ether oxygens (including phenoxy) is 1. The molecule has 0 spiro atoms. The van der Waals surface area contributed by atoms with E-state index >= 15 is 0 Å². The van der Waals surface area contributed by atoms with E-state index in [0.29, 0.717) is 11.3 Å². The van der Waals surface area contributed by atoms with Crippen molar-refractivity contribution in [1.82, 2.24) is 15.5 Å². The lowest BCUT2D eigenvalue weighted by Crippen LogP contribution is -2.39. The second kappa shape index (κ2) is 8.63. The maximum Gasteiger partial charge on any atom is 0.397 e. The molecule has 8 heteroatoms. The minimum absolute atomic E-state index is 0.0450. The number of esters is 1. The summed E-state index contributed by atoms with van der Waals surface area (Å²) in [5.74, 6) is -2.24. The van der Waals surface area contributed by atoms with E-state index in [-0.39, 0.29) is 6.61 Å². The van der Waals surface area contributed by atoms with Crippen LogP contribution in [0, 0.1) is 0 Å². The number of amides is 3. The van der Waals surface area contributed by atoms with Crippen LogP contribution in [0.15, 0.2) is 48.5 Å². The largest absolute Gasteiger partial charge is 0.459 e. The number of aromatic amines is 1.